The van der Waals surface area contributed by atoms with E-state index in [2.05, 4.69) is 5.32 Å². The number of carbonyl (C=O) groups is 2. The van der Waals surface area contributed by atoms with Crippen LogP contribution in [0.3, 0.4) is 0 Å². The maximum atomic E-state index is 15.2. The molecule has 4 aliphatic rings. The number of hydrogen-bond donors (Lipinski definition) is 2. The van der Waals surface area contributed by atoms with Crippen molar-refractivity contribution in [2.45, 2.75) is 68.8 Å². The topological polar surface area (TPSA) is 121 Å². The van der Waals surface area contributed by atoms with E-state index < -0.39 is 17.1 Å². The largest absolute Gasteiger partial charge is 0.489 e. The van der Waals surface area contributed by atoms with Gasteiger partial charge >= 0.3 is 0 Å². The number of rotatable bonds is 10. The highest BCUT2D eigenvalue weighted by Gasteiger charge is 2.45. The number of primary amides is 1. The maximum Gasteiger partial charge on any atom is 0.251 e. The number of fused-ring (bicyclic) bond motifs is 2. The third-order valence-electron chi connectivity index (χ3n) is 9.49. The number of nitrogens with zero attached hydrogens (tertiary/aromatic N) is 3. The zero-order chi connectivity index (χ0) is 31.0. The molecule has 0 spiro atoms. The van der Waals surface area contributed by atoms with Crippen molar-refractivity contribution >= 4 is 28.9 Å². The molecule has 4 aromatic rings. The molecule has 3 saturated carbocycles. The van der Waals surface area contributed by atoms with E-state index in [0.29, 0.717) is 45.9 Å². The van der Waals surface area contributed by atoms with E-state index in [4.69, 9.17) is 36.9 Å². The van der Waals surface area contributed by atoms with E-state index >= 15 is 4.39 Å². The van der Waals surface area contributed by atoms with Gasteiger partial charge in [-0.1, -0.05) is 11.6 Å². The van der Waals surface area contributed by atoms with E-state index in [1.807, 2.05) is 18.2 Å². The summed E-state index contributed by atoms with van der Waals surface area (Å²) in [4.78, 5) is 31.2. The standard InChI is InChI=1S/C34H33ClFN5O4/c1-34(33(37)43)16-44-31-25(34)14-28(39-30(31)23-12-20(35)6-9-26(23)36)24(17-2-3-17)15-38-32(42)19-10-21-13-27(18-4-5-18)40-41(21)29(11-19)45-22-7-8-22/h6,9-14,17-18,22,24H,2-5,7-8,15-16H2,1H3,(H2,37,43)(H,38,42)/t24-,34-/m0/s1. The number of amides is 2. The Morgan fingerprint density at radius 3 is 2.67 bits per heavy atom. The Labute approximate surface area is 264 Å². The van der Waals surface area contributed by atoms with Crippen LogP contribution in [0, 0.1) is 11.7 Å². The Morgan fingerprint density at radius 2 is 1.96 bits per heavy atom. The second-order valence-corrected chi connectivity index (χ2v) is 13.6. The van der Waals surface area contributed by atoms with Crippen LogP contribution < -0.4 is 20.5 Å². The van der Waals surface area contributed by atoms with Gasteiger partial charge in [-0.05, 0) is 87.8 Å². The molecular weight excluding hydrogens is 597 g/mol. The minimum absolute atomic E-state index is 0.0214. The molecular formula is C34H33ClFN5O4. The molecule has 3 fully saturated rings. The Morgan fingerprint density at radius 1 is 1.16 bits per heavy atom. The highest BCUT2D eigenvalue weighted by Crippen LogP contribution is 2.49. The van der Waals surface area contributed by atoms with Gasteiger partial charge in [-0.2, -0.15) is 5.10 Å². The summed E-state index contributed by atoms with van der Waals surface area (Å²) in [5.41, 5.74) is 8.73. The third-order valence-corrected chi connectivity index (χ3v) is 9.72. The minimum Gasteiger partial charge on any atom is -0.489 e. The smallest absolute Gasteiger partial charge is 0.251 e. The van der Waals surface area contributed by atoms with Crippen molar-refractivity contribution < 1.29 is 23.5 Å². The first-order valence-corrected chi connectivity index (χ1v) is 16.0. The van der Waals surface area contributed by atoms with Gasteiger partial charge in [0.05, 0.1) is 11.2 Å². The summed E-state index contributed by atoms with van der Waals surface area (Å²) in [6.07, 6.45) is 6.33. The third kappa shape index (κ3) is 5.18. The molecule has 45 heavy (non-hydrogen) atoms. The predicted molar refractivity (Wildman–Crippen MR) is 165 cm³/mol. The number of aromatic nitrogens is 3. The number of benzene rings is 1. The number of nitrogens with two attached hydrogens (primary N) is 1. The first kappa shape index (κ1) is 28.3. The van der Waals surface area contributed by atoms with Gasteiger partial charge in [0.1, 0.15) is 35.4 Å². The number of ether oxygens (including phenoxy) is 2. The molecule has 11 heteroatoms. The van der Waals surface area contributed by atoms with E-state index in [0.717, 1.165) is 49.7 Å². The highest BCUT2D eigenvalue weighted by atomic mass is 35.5. The molecule has 1 aliphatic heterocycles. The fourth-order valence-corrected chi connectivity index (χ4v) is 6.39. The van der Waals surface area contributed by atoms with E-state index in [1.165, 1.54) is 18.2 Å². The molecule has 3 N–H and O–H groups in total. The van der Waals surface area contributed by atoms with Gasteiger partial charge in [0, 0.05) is 51.9 Å². The van der Waals surface area contributed by atoms with Crippen molar-refractivity contribution in [3.63, 3.8) is 0 Å². The van der Waals surface area contributed by atoms with Gasteiger partial charge in [-0.25, -0.2) is 13.9 Å². The summed E-state index contributed by atoms with van der Waals surface area (Å²) in [7, 11) is 0. The van der Waals surface area contributed by atoms with Gasteiger partial charge in [0.15, 0.2) is 0 Å². The minimum atomic E-state index is -1.12. The number of nitrogens with one attached hydrogen (secondary N) is 1. The normalized spacial score (nSPS) is 21.3. The van der Waals surface area contributed by atoms with Crippen LogP contribution in [-0.4, -0.2) is 45.7 Å². The molecule has 1 aromatic carbocycles. The van der Waals surface area contributed by atoms with Crippen molar-refractivity contribution in [3.8, 4) is 22.9 Å². The second-order valence-electron chi connectivity index (χ2n) is 13.1. The molecule has 3 aromatic heterocycles. The lowest BCUT2D eigenvalue weighted by Gasteiger charge is -2.22. The average Bonchev–Trinajstić information content (AvgIpc) is 3.91. The van der Waals surface area contributed by atoms with E-state index in [1.54, 1.807) is 17.5 Å². The fraction of sp³-hybridized carbons (Fsp3) is 0.412. The van der Waals surface area contributed by atoms with Crippen molar-refractivity contribution in [2.24, 2.45) is 11.7 Å². The Balaban J connectivity index is 1.13. The first-order valence-electron chi connectivity index (χ1n) is 15.6. The molecule has 3 aliphatic carbocycles. The summed E-state index contributed by atoms with van der Waals surface area (Å²) in [6.45, 7) is 2.05. The van der Waals surface area contributed by atoms with Crippen molar-refractivity contribution in [3.05, 3.63) is 75.8 Å². The number of pyridine rings is 2. The molecule has 0 saturated heterocycles. The van der Waals surface area contributed by atoms with Crippen LogP contribution >= 0.6 is 11.6 Å². The molecule has 0 unspecified atom stereocenters. The van der Waals surface area contributed by atoms with E-state index in [-0.39, 0.29) is 41.7 Å². The van der Waals surface area contributed by atoms with Crippen molar-refractivity contribution in [2.75, 3.05) is 13.2 Å². The molecule has 2 amide bonds. The first-order chi connectivity index (χ1) is 21.7. The van der Waals surface area contributed by atoms with Crippen LogP contribution in [0.5, 0.6) is 11.6 Å². The lowest BCUT2D eigenvalue weighted by molar-refractivity contribution is -0.123. The average molecular weight is 630 g/mol. The van der Waals surface area contributed by atoms with Crippen LogP contribution in [0.4, 0.5) is 4.39 Å². The quantitative estimate of drug-likeness (QED) is 0.233. The fourth-order valence-electron chi connectivity index (χ4n) is 6.21. The van der Waals surface area contributed by atoms with Gasteiger partial charge in [-0.15, -0.1) is 0 Å². The Kier molecular flexibility index (Phi) is 6.57. The van der Waals surface area contributed by atoms with Crippen LogP contribution in [-0.2, 0) is 10.2 Å². The molecule has 2 atom stereocenters. The lowest BCUT2D eigenvalue weighted by Crippen LogP contribution is -2.40. The predicted octanol–water partition coefficient (Wildman–Crippen LogP) is 5.67. The Bertz CT molecular complexity index is 1880. The molecule has 0 radical (unpaired) electrons. The zero-order valence-corrected chi connectivity index (χ0v) is 25.6. The van der Waals surface area contributed by atoms with Crippen LogP contribution in [0.1, 0.15) is 84.6 Å². The molecule has 0 bridgehead atoms. The monoisotopic (exact) mass is 629 g/mol. The maximum absolute atomic E-state index is 15.2. The zero-order valence-electron chi connectivity index (χ0n) is 24.8. The van der Waals surface area contributed by atoms with Crippen LogP contribution in [0.2, 0.25) is 5.02 Å². The summed E-state index contributed by atoms with van der Waals surface area (Å²) in [5.74, 6) is 0.169. The van der Waals surface area contributed by atoms with Crippen molar-refractivity contribution in [1.82, 2.24) is 19.9 Å². The lowest BCUT2D eigenvalue weighted by atomic mass is 9.82. The second kappa shape index (κ2) is 10.4. The summed E-state index contributed by atoms with van der Waals surface area (Å²) >= 11 is 6.26. The molecule has 4 heterocycles. The Hall–Kier alpha value is -4.18. The van der Waals surface area contributed by atoms with E-state index in [9.17, 15) is 9.59 Å². The summed E-state index contributed by atoms with van der Waals surface area (Å²) in [5, 5.41) is 8.25. The van der Waals surface area contributed by atoms with Gasteiger partial charge < -0.3 is 20.5 Å². The van der Waals surface area contributed by atoms with Gasteiger partial charge in [-0.3, -0.25) is 9.59 Å². The number of carbonyl (C=O) groups excluding carboxylic acids is 2. The molecule has 9 nitrogen and oxygen atoms in total. The number of hydrogen-bond acceptors (Lipinski definition) is 6. The SMILES string of the molecule is C[C@]1(C(N)=O)COc2c1cc([C@@H](CNC(=O)c1cc(OC3CC3)n3nc(C4CC4)cc3c1)C1CC1)nc2-c1cc(Cl)ccc1F. The highest BCUT2D eigenvalue weighted by molar-refractivity contribution is 6.30. The molecule has 8 rings (SSSR count). The van der Waals surface area contributed by atoms with Crippen molar-refractivity contribution in [1.29, 1.82) is 0 Å². The van der Waals surface area contributed by atoms with Crippen LogP contribution in [0.15, 0.2) is 42.5 Å². The van der Waals surface area contributed by atoms with Gasteiger partial charge in [0.25, 0.3) is 5.91 Å². The van der Waals surface area contributed by atoms with Gasteiger partial charge in [0.2, 0.25) is 11.8 Å². The molecule has 232 valence electrons. The summed E-state index contributed by atoms with van der Waals surface area (Å²) in [6, 6.07) is 11.8. The van der Waals surface area contributed by atoms with Crippen LogP contribution in [0.25, 0.3) is 16.8 Å². The number of halogens is 2. The summed E-state index contributed by atoms with van der Waals surface area (Å²) < 4.78 is 29.1.